The Kier molecular flexibility index (Phi) is 6.78. The van der Waals surface area contributed by atoms with Crippen molar-refractivity contribution in [2.24, 2.45) is 0 Å². The standard InChI is InChI=1S/C21H22N2O5/c1-26-19-8-6-17(7-9-19)20(23-11-10-22-15-23)28-13-12-27-14-16-2-4-18(5-3-16)21(24)25/h2-11,15,20H,12-14H2,1H3,(H,24,25). The largest absolute Gasteiger partial charge is 0.497 e. The van der Waals surface area contributed by atoms with E-state index in [1.165, 1.54) is 0 Å². The monoisotopic (exact) mass is 382 g/mol. The molecule has 3 rings (SSSR count). The summed E-state index contributed by atoms with van der Waals surface area (Å²) in [5, 5.41) is 8.91. The summed E-state index contributed by atoms with van der Waals surface area (Å²) in [6, 6.07) is 14.3. The molecule has 1 atom stereocenters. The van der Waals surface area contributed by atoms with E-state index in [1.807, 2.05) is 35.0 Å². The summed E-state index contributed by atoms with van der Waals surface area (Å²) in [7, 11) is 1.63. The number of carbonyl (C=O) groups is 1. The van der Waals surface area contributed by atoms with Crippen LogP contribution in [0.2, 0.25) is 0 Å². The van der Waals surface area contributed by atoms with Crippen molar-refractivity contribution in [3.8, 4) is 5.75 Å². The molecule has 0 aliphatic carbocycles. The van der Waals surface area contributed by atoms with Gasteiger partial charge in [0.2, 0.25) is 0 Å². The van der Waals surface area contributed by atoms with Crippen LogP contribution in [0.15, 0.2) is 67.3 Å². The zero-order chi connectivity index (χ0) is 19.8. The van der Waals surface area contributed by atoms with Gasteiger partial charge < -0.3 is 23.9 Å². The molecule has 1 heterocycles. The van der Waals surface area contributed by atoms with Crippen LogP contribution in [0.5, 0.6) is 5.75 Å². The first-order chi connectivity index (χ1) is 13.7. The van der Waals surface area contributed by atoms with Gasteiger partial charge in [-0.25, -0.2) is 9.78 Å². The summed E-state index contributed by atoms with van der Waals surface area (Å²) in [5.41, 5.74) is 2.14. The van der Waals surface area contributed by atoms with Crippen molar-refractivity contribution in [2.45, 2.75) is 12.8 Å². The van der Waals surface area contributed by atoms with Gasteiger partial charge in [-0.2, -0.15) is 0 Å². The fourth-order valence-electron chi connectivity index (χ4n) is 2.68. The van der Waals surface area contributed by atoms with E-state index in [0.717, 1.165) is 16.9 Å². The number of rotatable bonds is 10. The summed E-state index contributed by atoms with van der Waals surface area (Å²) in [6.07, 6.45) is 4.95. The maximum absolute atomic E-state index is 10.9. The van der Waals surface area contributed by atoms with Crippen LogP contribution in [-0.2, 0) is 16.1 Å². The van der Waals surface area contributed by atoms with E-state index in [9.17, 15) is 4.79 Å². The summed E-state index contributed by atoms with van der Waals surface area (Å²) in [5.74, 6) is -0.157. The van der Waals surface area contributed by atoms with Crippen molar-refractivity contribution in [3.63, 3.8) is 0 Å². The molecule has 0 amide bonds. The average molecular weight is 382 g/mol. The molecule has 1 N–H and O–H groups in total. The first-order valence-electron chi connectivity index (χ1n) is 8.80. The second-order valence-corrected chi connectivity index (χ2v) is 6.06. The molecule has 0 aliphatic heterocycles. The molecule has 0 spiro atoms. The van der Waals surface area contributed by atoms with E-state index in [-0.39, 0.29) is 11.8 Å². The molecule has 7 heteroatoms. The molecule has 1 aromatic heterocycles. The van der Waals surface area contributed by atoms with Crippen molar-refractivity contribution >= 4 is 5.97 Å². The van der Waals surface area contributed by atoms with Crippen molar-refractivity contribution in [1.29, 1.82) is 0 Å². The van der Waals surface area contributed by atoms with Crippen molar-refractivity contribution in [2.75, 3.05) is 20.3 Å². The van der Waals surface area contributed by atoms with Crippen LogP contribution in [0.3, 0.4) is 0 Å². The van der Waals surface area contributed by atoms with Gasteiger partial charge in [-0.15, -0.1) is 0 Å². The lowest BCUT2D eigenvalue weighted by atomic mass is 10.1. The van der Waals surface area contributed by atoms with Gasteiger partial charge in [-0.1, -0.05) is 24.3 Å². The lowest BCUT2D eigenvalue weighted by molar-refractivity contribution is -0.0132. The number of imidazole rings is 1. The number of aromatic nitrogens is 2. The Morgan fingerprint density at radius 1 is 1.11 bits per heavy atom. The molecule has 0 fully saturated rings. The normalized spacial score (nSPS) is 11.9. The van der Waals surface area contributed by atoms with E-state index in [2.05, 4.69) is 4.98 Å². The fraction of sp³-hybridized carbons (Fsp3) is 0.238. The summed E-state index contributed by atoms with van der Waals surface area (Å²) in [4.78, 5) is 15.0. The third-order valence-electron chi connectivity index (χ3n) is 4.17. The van der Waals surface area contributed by atoms with Crippen LogP contribution in [0.4, 0.5) is 0 Å². The van der Waals surface area contributed by atoms with Gasteiger partial charge in [0.15, 0.2) is 6.23 Å². The van der Waals surface area contributed by atoms with Crippen molar-refractivity contribution < 1.29 is 24.1 Å². The maximum Gasteiger partial charge on any atom is 0.335 e. The Balaban J connectivity index is 1.52. The van der Waals surface area contributed by atoms with E-state index in [0.29, 0.717) is 19.8 Å². The second kappa shape index (κ2) is 9.68. The molecule has 1 unspecified atom stereocenters. The molecule has 0 aliphatic rings. The molecule has 0 saturated carbocycles. The van der Waals surface area contributed by atoms with Crippen LogP contribution in [0.1, 0.15) is 27.7 Å². The number of ether oxygens (including phenoxy) is 3. The minimum Gasteiger partial charge on any atom is -0.497 e. The van der Waals surface area contributed by atoms with Gasteiger partial charge in [0.1, 0.15) is 5.75 Å². The Bertz CT molecular complexity index is 861. The Morgan fingerprint density at radius 2 is 1.86 bits per heavy atom. The molecular formula is C21H22N2O5. The highest BCUT2D eigenvalue weighted by Gasteiger charge is 2.14. The predicted molar refractivity (Wildman–Crippen MR) is 102 cm³/mol. The van der Waals surface area contributed by atoms with Gasteiger partial charge >= 0.3 is 5.97 Å². The third-order valence-corrected chi connectivity index (χ3v) is 4.17. The highest BCUT2D eigenvalue weighted by Crippen LogP contribution is 2.22. The maximum atomic E-state index is 10.9. The van der Waals surface area contributed by atoms with Crippen molar-refractivity contribution in [1.82, 2.24) is 9.55 Å². The molecule has 0 bridgehead atoms. The Hall–Kier alpha value is -3.16. The average Bonchev–Trinajstić information content (AvgIpc) is 3.25. The minimum absolute atomic E-state index is 0.259. The van der Waals surface area contributed by atoms with E-state index in [4.69, 9.17) is 19.3 Å². The number of carboxylic acids is 1. The second-order valence-electron chi connectivity index (χ2n) is 6.06. The Morgan fingerprint density at radius 3 is 2.46 bits per heavy atom. The van der Waals surface area contributed by atoms with Crippen molar-refractivity contribution in [3.05, 3.63) is 83.9 Å². The zero-order valence-electron chi connectivity index (χ0n) is 15.5. The number of methoxy groups -OCH3 is 1. The minimum atomic E-state index is -0.940. The van der Waals surface area contributed by atoms with Crippen LogP contribution < -0.4 is 4.74 Å². The Labute approximate surface area is 163 Å². The first kappa shape index (κ1) is 19.6. The number of benzene rings is 2. The first-order valence-corrected chi connectivity index (χ1v) is 8.80. The topological polar surface area (TPSA) is 82.8 Å². The molecule has 146 valence electrons. The van der Waals surface area contributed by atoms with E-state index < -0.39 is 5.97 Å². The van der Waals surface area contributed by atoms with E-state index >= 15 is 0 Å². The molecule has 0 radical (unpaired) electrons. The lowest BCUT2D eigenvalue weighted by Gasteiger charge is -2.20. The molecule has 28 heavy (non-hydrogen) atoms. The number of hydrogen-bond acceptors (Lipinski definition) is 5. The summed E-state index contributed by atoms with van der Waals surface area (Å²) >= 11 is 0. The highest BCUT2D eigenvalue weighted by atomic mass is 16.5. The van der Waals surface area contributed by atoms with Gasteiger partial charge in [-0.3, -0.25) is 0 Å². The number of carboxylic acid groups (broad SMARTS) is 1. The SMILES string of the molecule is COc1ccc(C(OCCOCc2ccc(C(=O)O)cc2)n2ccnc2)cc1. The zero-order valence-corrected chi connectivity index (χ0v) is 15.5. The number of nitrogens with zero attached hydrogens (tertiary/aromatic N) is 2. The molecule has 3 aromatic rings. The predicted octanol–water partition coefficient (Wildman–Crippen LogP) is 3.37. The number of hydrogen-bond donors (Lipinski definition) is 1. The molecule has 0 saturated heterocycles. The highest BCUT2D eigenvalue weighted by molar-refractivity contribution is 5.87. The summed E-state index contributed by atoms with van der Waals surface area (Å²) in [6.45, 7) is 1.19. The number of aromatic carboxylic acids is 1. The van der Waals surface area contributed by atoms with Gasteiger partial charge in [-0.05, 0) is 29.8 Å². The van der Waals surface area contributed by atoms with Crippen LogP contribution in [0, 0.1) is 0 Å². The summed E-state index contributed by atoms with van der Waals surface area (Å²) < 4.78 is 18.7. The van der Waals surface area contributed by atoms with E-state index in [1.54, 1.807) is 43.9 Å². The van der Waals surface area contributed by atoms with Gasteiger partial charge in [0, 0.05) is 18.0 Å². The molecule has 7 nitrogen and oxygen atoms in total. The third kappa shape index (κ3) is 5.18. The smallest absolute Gasteiger partial charge is 0.335 e. The molecule has 2 aromatic carbocycles. The fourth-order valence-corrected chi connectivity index (χ4v) is 2.68. The van der Waals surface area contributed by atoms with Crippen LogP contribution in [0.25, 0.3) is 0 Å². The quantitative estimate of drug-likeness (QED) is 0.542. The molecular weight excluding hydrogens is 360 g/mol. The van der Waals surface area contributed by atoms with Gasteiger partial charge in [0.05, 0.1) is 38.8 Å². The van der Waals surface area contributed by atoms with Gasteiger partial charge in [0.25, 0.3) is 0 Å². The lowest BCUT2D eigenvalue weighted by Crippen LogP contribution is -2.16. The van der Waals surface area contributed by atoms with Crippen LogP contribution in [-0.4, -0.2) is 41.0 Å². The van der Waals surface area contributed by atoms with Crippen LogP contribution >= 0.6 is 0 Å².